The summed E-state index contributed by atoms with van der Waals surface area (Å²) in [7, 11) is 0. The first-order valence-corrected chi connectivity index (χ1v) is 9.18. The molecule has 1 fully saturated rings. The average Bonchev–Trinajstić information content (AvgIpc) is 3.12. The van der Waals surface area contributed by atoms with Gasteiger partial charge in [0.15, 0.2) is 5.82 Å². The van der Waals surface area contributed by atoms with E-state index < -0.39 is 0 Å². The summed E-state index contributed by atoms with van der Waals surface area (Å²) in [6.45, 7) is 3.31. The van der Waals surface area contributed by atoms with Crippen molar-refractivity contribution in [1.82, 2.24) is 19.7 Å². The van der Waals surface area contributed by atoms with E-state index in [2.05, 4.69) is 47.5 Å². The number of halogens is 1. The highest BCUT2D eigenvalue weighted by Crippen LogP contribution is 2.35. The lowest BCUT2D eigenvalue weighted by molar-refractivity contribution is 0.0332. The predicted octanol–water partition coefficient (Wildman–Crippen LogP) is 4.67. The number of allylic oxidation sites excluding steroid dienone is 2. The zero-order valence-corrected chi connectivity index (χ0v) is 15.1. The molecule has 0 N–H and O–H groups in total. The van der Waals surface area contributed by atoms with E-state index in [4.69, 9.17) is 16.7 Å². The van der Waals surface area contributed by atoms with Gasteiger partial charge < -0.3 is 0 Å². The Morgan fingerprint density at radius 1 is 1.16 bits per heavy atom. The number of aromatic nitrogens is 3. The Kier molecular flexibility index (Phi) is 4.48. The molecule has 1 aliphatic carbocycles. The smallest absolute Gasteiger partial charge is 0.182 e. The number of likely N-dealkylation sites (tertiary alicyclic amines) is 1. The first kappa shape index (κ1) is 16.6. The van der Waals surface area contributed by atoms with Crippen LogP contribution in [-0.4, -0.2) is 31.7 Å². The fourth-order valence-corrected chi connectivity index (χ4v) is 3.97. The number of hydrogen-bond donors (Lipinski definition) is 0. The first-order valence-electron chi connectivity index (χ1n) is 8.81. The molecule has 1 saturated heterocycles. The number of hydrogen-bond acceptors (Lipinski definition) is 3. The lowest BCUT2D eigenvalue weighted by atomic mass is 9.90. The van der Waals surface area contributed by atoms with Crippen LogP contribution in [0.1, 0.15) is 32.4 Å². The molecule has 1 aromatic carbocycles. The second-order valence-electron chi connectivity index (χ2n) is 6.83. The zero-order valence-electron chi connectivity index (χ0n) is 14.3. The SMILES string of the molecule is CC1(N2CCCCC2n2cnc(-c3ccccc3Cl)n2)C=C[CH]C=C1. The van der Waals surface area contributed by atoms with E-state index >= 15 is 0 Å². The molecule has 129 valence electrons. The molecule has 4 nitrogen and oxygen atoms in total. The normalized spacial score (nSPS) is 23.0. The number of rotatable bonds is 3. The molecule has 1 aliphatic heterocycles. The third kappa shape index (κ3) is 3.16. The van der Waals surface area contributed by atoms with Crippen molar-refractivity contribution in [3.8, 4) is 11.4 Å². The maximum atomic E-state index is 6.30. The highest BCUT2D eigenvalue weighted by atomic mass is 35.5. The molecule has 1 atom stereocenters. The lowest BCUT2D eigenvalue weighted by Gasteiger charge is -2.45. The predicted molar refractivity (Wildman–Crippen MR) is 101 cm³/mol. The summed E-state index contributed by atoms with van der Waals surface area (Å²) < 4.78 is 2.00. The standard InChI is InChI=1S/C20H22ClN4/c1-20(12-6-2-7-13-20)24-14-8-5-11-18(24)25-15-22-19(23-25)16-9-3-4-10-17(16)21/h2-4,6-7,9-10,12-13,15,18H,5,8,11,14H2,1H3. The van der Waals surface area contributed by atoms with Gasteiger partial charge in [0.2, 0.25) is 0 Å². The van der Waals surface area contributed by atoms with Crippen LogP contribution in [0.3, 0.4) is 0 Å². The van der Waals surface area contributed by atoms with Crippen LogP contribution in [0, 0.1) is 6.42 Å². The molecule has 0 saturated carbocycles. The van der Waals surface area contributed by atoms with Gasteiger partial charge in [0.1, 0.15) is 12.5 Å². The molecule has 25 heavy (non-hydrogen) atoms. The highest BCUT2D eigenvalue weighted by molar-refractivity contribution is 6.33. The summed E-state index contributed by atoms with van der Waals surface area (Å²) in [6.07, 6.45) is 16.4. The minimum absolute atomic E-state index is 0.0870. The van der Waals surface area contributed by atoms with E-state index in [1.807, 2.05) is 35.3 Å². The zero-order chi connectivity index (χ0) is 17.3. The molecule has 2 aromatic rings. The Balaban J connectivity index is 1.66. The van der Waals surface area contributed by atoms with Crippen LogP contribution < -0.4 is 0 Å². The van der Waals surface area contributed by atoms with E-state index in [0.717, 1.165) is 18.5 Å². The fraction of sp³-hybridized carbons (Fsp3) is 0.350. The van der Waals surface area contributed by atoms with Gasteiger partial charge in [-0.25, -0.2) is 9.67 Å². The second kappa shape index (κ2) is 6.77. The topological polar surface area (TPSA) is 34.0 Å². The van der Waals surface area contributed by atoms with Gasteiger partial charge in [-0.3, -0.25) is 4.90 Å². The van der Waals surface area contributed by atoms with Crippen molar-refractivity contribution in [3.05, 3.63) is 66.3 Å². The number of nitrogens with zero attached hydrogens (tertiary/aromatic N) is 4. The lowest BCUT2D eigenvalue weighted by Crippen LogP contribution is -2.50. The summed E-state index contributed by atoms with van der Waals surface area (Å²) in [5, 5.41) is 5.45. The molecule has 0 amide bonds. The number of benzene rings is 1. The molecule has 1 unspecified atom stereocenters. The Bertz CT molecular complexity index is 796. The monoisotopic (exact) mass is 353 g/mol. The van der Waals surface area contributed by atoms with Gasteiger partial charge in [-0.05, 0) is 38.3 Å². The summed E-state index contributed by atoms with van der Waals surface area (Å²) in [5.74, 6) is 0.685. The summed E-state index contributed by atoms with van der Waals surface area (Å²) >= 11 is 6.30. The van der Waals surface area contributed by atoms with Gasteiger partial charge in [-0.2, -0.15) is 0 Å². The molecular weight excluding hydrogens is 332 g/mol. The van der Waals surface area contributed by atoms with E-state index in [0.29, 0.717) is 10.8 Å². The van der Waals surface area contributed by atoms with E-state index in [-0.39, 0.29) is 11.7 Å². The van der Waals surface area contributed by atoms with Crippen LogP contribution in [0.25, 0.3) is 11.4 Å². The first-order chi connectivity index (χ1) is 12.2. The molecular formula is C20H22ClN4. The molecule has 1 aromatic heterocycles. The Morgan fingerprint density at radius 2 is 1.96 bits per heavy atom. The van der Waals surface area contributed by atoms with Crippen LogP contribution >= 0.6 is 11.6 Å². The van der Waals surface area contributed by atoms with Gasteiger partial charge in [-0.15, -0.1) is 5.10 Å². The summed E-state index contributed by atoms with van der Waals surface area (Å²) in [6, 6.07) is 7.72. The Hall–Kier alpha value is -1.91. The van der Waals surface area contributed by atoms with E-state index in [1.165, 1.54) is 12.8 Å². The Morgan fingerprint density at radius 3 is 2.76 bits per heavy atom. The van der Waals surface area contributed by atoms with E-state index in [9.17, 15) is 0 Å². The van der Waals surface area contributed by atoms with Crippen molar-refractivity contribution in [2.24, 2.45) is 0 Å². The molecule has 2 heterocycles. The minimum atomic E-state index is -0.0870. The van der Waals surface area contributed by atoms with Gasteiger partial charge >= 0.3 is 0 Å². The molecule has 1 radical (unpaired) electrons. The van der Waals surface area contributed by atoms with Gasteiger partial charge in [0.05, 0.1) is 10.6 Å². The number of piperidine rings is 1. The largest absolute Gasteiger partial charge is 0.269 e. The quantitative estimate of drug-likeness (QED) is 0.803. The molecule has 2 aliphatic rings. The maximum absolute atomic E-state index is 6.30. The molecule has 0 bridgehead atoms. The average molecular weight is 354 g/mol. The van der Waals surface area contributed by atoms with Crippen molar-refractivity contribution in [3.63, 3.8) is 0 Å². The van der Waals surface area contributed by atoms with Crippen molar-refractivity contribution in [2.75, 3.05) is 6.54 Å². The maximum Gasteiger partial charge on any atom is 0.182 e. The van der Waals surface area contributed by atoms with Crippen LogP contribution in [0.5, 0.6) is 0 Å². The third-order valence-electron chi connectivity index (χ3n) is 5.11. The van der Waals surface area contributed by atoms with Crippen LogP contribution in [0.2, 0.25) is 5.02 Å². The van der Waals surface area contributed by atoms with Gasteiger partial charge in [0, 0.05) is 18.5 Å². The Labute approximate surface area is 153 Å². The van der Waals surface area contributed by atoms with Crippen LogP contribution in [0.4, 0.5) is 0 Å². The van der Waals surface area contributed by atoms with Gasteiger partial charge in [0.25, 0.3) is 0 Å². The third-order valence-corrected chi connectivity index (χ3v) is 5.44. The molecule has 5 heteroatoms. The fourth-order valence-electron chi connectivity index (χ4n) is 3.75. The van der Waals surface area contributed by atoms with Crippen LogP contribution in [0.15, 0.2) is 54.9 Å². The van der Waals surface area contributed by atoms with Crippen molar-refractivity contribution in [2.45, 2.75) is 37.9 Å². The summed E-state index contributed by atoms with van der Waals surface area (Å²) in [5.41, 5.74) is 0.791. The van der Waals surface area contributed by atoms with E-state index in [1.54, 1.807) is 0 Å². The van der Waals surface area contributed by atoms with Crippen molar-refractivity contribution in [1.29, 1.82) is 0 Å². The molecule has 4 rings (SSSR count). The van der Waals surface area contributed by atoms with Gasteiger partial charge in [-0.1, -0.05) is 48.0 Å². The van der Waals surface area contributed by atoms with Crippen molar-refractivity contribution >= 4 is 11.6 Å². The minimum Gasteiger partial charge on any atom is -0.269 e. The molecule has 0 spiro atoms. The summed E-state index contributed by atoms with van der Waals surface area (Å²) in [4.78, 5) is 7.04. The second-order valence-corrected chi connectivity index (χ2v) is 7.24. The van der Waals surface area contributed by atoms with Crippen molar-refractivity contribution < 1.29 is 0 Å². The highest BCUT2D eigenvalue weighted by Gasteiger charge is 2.36. The van der Waals surface area contributed by atoms with Crippen LogP contribution in [-0.2, 0) is 0 Å².